The van der Waals surface area contributed by atoms with E-state index in [1.54, 1.807) is 0 Å². The normalized spacial score (nSPS) is 43.1. The van der Waals surface area contributed by atoms with Gasteiger partial charge in [-0.3, -0.25) is 15.0 Å². The zero-order valence-electron chi connectivity index (χ0n) is 27.0. The van der Waals surface area contributed by atoms with Gasteiger partial charge in [0.15, 0.2) is 12.6 Å². The van der Waals surface area contributed by atoms with Crippen LogP contribution in [0.3, 0.4) is 0 Å². The quantitative estimate of drug-likeness (QED) is 0.162. The molecule has 258 valence electrons. The van der Waals surface area contributed by atoms with Gasteiger partial charge < -0.3 is 60.8 Å². The van der Waals surface area contributed by atoms with Crippen LogP contribution in [0.5, 0.6) is 0 Å². The fourth-order valence-electron chi connectivity index (χ4n) is 6.42. The molecule has 3 saturated heterocycles. The largest absolute Gasteiger partial charge is 0.388 e. The van der Waals surface area contributed by atoms with Crippen LogP contribution in [-0.4, -0.2) is 147 Å². The second kappa shape index (κ2) is 16.2. The highest BCUT2D eigenvalue weighted by Gasteiger charge is 2.47. The van der Waals surface area contributed by atoms with E-state index in [1.165, 1.54) is 18.7 Å². The molecule has 3 fully saturated rings. The number of amidine groups is 3. The second-order valence-corrected chi connectivity index (χ2v) is 12.3. The second-order valence-electron chi connectivity index (χ2n) is 12.3. The smallest absolute Gasteiger partial charge is 0.183 e. The van der Waals surface area contributed by atoms with E-state index in [0.717, 1.165) is 37.4 Å². The fraction of sp³-hybridized carbons (Fsp3) is 0.900. The summed E-state index contributed by atoms with van der Waals surface area (Å²) in [7, 11) is 0. The summed E-state index contributed by atoms with van der Waals surface area (Å²) in [4.78, 5) is 13.2. The van der Waals surface area contributed by atoms with E-state index < -0.39 is 49.1 Å². The van der Waals surface area contributed by atoms with Gasteiger partial charge >= 0.3 is 0 Å². The molecule has 0 aromatic rings. The van der Waals surface area contributed by atoms with Crippen molar-refractivity contribution in [3.63, 3.8) is 0 Å². The summed E-state index contributed by atoms with van der Waals surface area (Å²) in [5.41, 5.74) is 0. The maximum Gasteiger partial charge on any atom is 0.183 e. The molecule has 0 bridgehead atoms. The lowest BCUT2D eigenvalue weighted by Crippen LogP contribution is -2.65. The average molecular weight is 643 g/mol. The van der Waals surface area contributed by atoms with E-state index in [1.807, 2.05) is 13.8 Å². The number of aliphatic hydroxyl groups is 6. The number of unbranched alkanes of at least 4 members (excludes halogenated alkanes) is 1. The number of hydrogen-bond donors (Lipinski definition) is 9. The molecular weight excluding hydrogens is 588 g/mol. The average Bonchev–Trinajstić information content (AvgIpc) is 3.61. The Bertz CT molecular complexity index is 995. The maximum absolute atomic E-state index is 9.75. The lowest BCUT2D eigenvalue weighted by Gasteiger charge is -2.43. The predicted octanol–water partition coefficient (Wildman–Crippen LogP) is -1.48. The number of aliphatic hydroxyl groups excluding tert-OH is 6. The fourth-order valence-corrected chi connectivity index (χ4v) is 6.42. The van der Waals surface area contributed by atoms with E-state index in [0.29, 0.717) is 31.3 Å². The molecule has 0 aromatic carbocycles. The van der Waals surface area contributed by atoms with Gasteiger partial charge in [-0.15, -0.1) is 0 Å². The minimum Gasteiger partial charge on any atom is -0.388 e. The molecule has 0 saturated carbocycles. The van der Waals surface area contributed by atoms with Crippen LogP contribution >= 0.6 is 0 Å². The van der Waals surface area contributed by atoms with E-state index >= 15 is 0 Å². The first-order valence-corrected chi connectivity index (χ1v) is 16.5. The SMILES string of the molecule is CCC1=NCC2OC(O)C(O)C(O)C2N1.CCC1=NCC2OC(O)C(O)C(O)C2N1.CCCCC1=NC2C(C)OC(CC)C2N1. The topological polar surface area (TPSA) is 222 Å². The van der Waals surface area contributed by atoms with Crippen molar-refractivity contribution in [3.05, 3.63) is 0 Å². The van der Waals surface area contributed by atoms with Gasteiger partial charge in [0.1, 0.15) is 42.7 Å². The summed E-state index contributed by atoms with van der Waals surface area (Å²) >= 11 is 0. The van der Waals surface area contributed by atoms with Crippen molar-refractivity contribution in [1.82, 2.24) is 16.0 Å². The van der Waals surface area contributed by atoms with Crippen molar-refractivity contribution in [1.29, 1.82) is 0 Å². The number of nitrogens with zero attached hydrogens (tertiary/aromatic N) is 3. The molecule has 6 heterocycles. The van der Waals surface area contributed by atoms with Crippen molar-refractivity contribution < 1.29 is 44.8 Å². The highest BCUT2D eigenvalue weighted by atomic mass is 16.6. The molecule has 6 rings (SSSR count). The molecule has 9 N–H and O–H groups in total. The Labute approximate surface area is 265 Å². The maximum atomic E-state index is 9.75. The standard InChI is InChI=1S/C12H22N2O.2C9H16N2O4/c1-4-6-7-10-13-11-8(3)15-9(5-2)12(11)14-10;2*1-2-5-10-3-4-6(11-5)7(12)8(13)9(14)15-4/h8-9,11-12H,4-7H2,1-3H3,(H,13,14);2*4,6-9,12-14H,2-3H2,1H3,(H,10,11). The molecule has 45 heavy (non-hydrogen) atoms. The number of fused-ring (bicyclic) bond motifs is 3. The minimum atomic E-state index is -1.33. The highest BCUT2D eigenvalue weighted by molar-refractivity contribution is 5.85. The van der Waals surface area contributed by atoms with Crippen molar-refractivity contribution in [2.45, 2.75) is 159 Å². The highest BCUT2D eigenvalue weighted by Crippen LogP contribution is 2.29. The van der Waals surface area contributed by atoms with Gasteiger partial charge in [0.25, 0.3) is 0 Å². The Balaban J connectivity index is 0.000000154. The first-order chi connectivity index (χ1) is 21.5. The Morgan fingerprint density at radius 2 is 1.16 bits per heavy atom. The summed E-state index contributed by atoms with van der Waals surface area (Å²) in [5, 5.41) is 66.5. The zero-order valence-corrected chi connectivity index (χ0v) is 27.0. The molecule has 6 aliphatic rings. The number of rotatable bonds is 6. The molecule has 15 heteroatoms. The van der Waals surface area contributed by atoms with E-state index in [2.05, 4.69) is 46.7 Å². The Hall–Kier alpha value is -1.95. The minimum absolute atomic E-state index is 0.284. The third kappa shape index (κ3) is 8.32. The van der Waals surface area contributed by atoms with E-state index in [4.69, 9.17) is 19.2 Å². The van der Waals surface area contributed by atoms with Gasteiger partial charge in [0.2, 0.25) is 0 Å². The summed E-state index contributed by atoms with van der Waals surface area (Å²) in [5.74, 6) is 2.80. The summed E-state index contributed by atoms with van der Waals surface area (Å²) < 4.78 is 16.1. The van der Waals surface area contributed by atoms with Crippen LogP contribution in [0.15, 0.2) is 15.0 Å². The molecule has 0 spiro atoms. The monoisotopic (exact) mass is 642 g/mol. The molecule has 0 aliphatic carbocycles. The van der Waals surface area contributed by atoms with Gasteiger partial charge in [0, 0.05) is 19.3 Å². The molecule has 14 unspecified atom stereocenters. The molecule has 6 aliphatic heterocycles. The number of hydrogen-bond acceptors (Lipinski definition) is 15. The van der Waals surface area contributed by atoms with Crippen molar-refractivity contribution in [3.8, 4) is 0 Å². The van der Waals surface area contributed by atoms with Crippen LogP contribution in [0.1, 0.15) is 73.1 Å². The Kier molecular flexibility index (Phi) is 13.0. The first-order valence-electron chi connectivity index (χ1n) is 16.5. The van der Waals surface area contributed by atoms with Crippen LogP contribution in [0.2, 0.25) is 0 Å². The van der Waals surface area contributed by atoms with Gasteiger partial charge in [-0.2, -0.15) is 0 Å². The van der Waals surface area contributed by atoms with Crippen molar-refractivity contribution in [2.75, 3.05) is 13.1 Å². The van der Waals surface area contributed by atoms with Gasteiger partial charge in [0.05, 0.1) is 60.9 Å². The number of nitrogens with one attached hydrogen (secondary N) is 3. The summed E-state index contributed by atoms with van der Waals surface area (Å²) in [6.07, 6.45) is -1.25. The van der Waals surface area contributed by atoms with Crippen LogP contribution < -0.4 is 16.0 Å². The lowest BCUT2D eigenvalue weighted by atomic mass is 9.94. The third-order valence-corrected chi connectivity index (χ3v) is 9.16. The molecule has 15 nitrogen and oxygen atoms in total. The predicted molar refractivity (Wildman–Crippen MR) is 167 cm³/mol. The lowest BCUT2D eigenvalue weighted by molar-refractivity contribution is -0.254. The molecule has 14 atom stereocenters. The molecular formula is C30H54N6O9. The van der Waals surface area contributed by atoms with Crippen LogP contribution in [0.25, 0.3) is 0 Å². The zero-order chi connectivity index (χ0) is 32.8. The molecule has 0 radical (unpaired) electrons. The molecule has 0 amide bonds. The third-order valence-electron chi connectivity index (χ3n) is 9.16. The van der Waals surface area contributed by atoms with Crippen molar-refractivity contribution >= 4 is 17.5 Å². The summed E-state index contributed by atoms with van der Waals surface area (Å²) in [6, 6.07) is 0.0189. The van der Waals surface area contributed by atoms with Crippen molar-refractivity contribution in [2.24, 2.45) is 15.0 Å². The first kappa shape index (κ1) is 35.9. The van der Waals surface area contributed by atoms with Crippen LogP contribution in [-0.2, 0) is 14.2 Å². The number of ether oxygens (including phenoxy) is 3. The number of aliphatic imine (C=N–C) groups is 3. The Morgan fingerprint density at radius 3 is 1.60 bits per heavy atom. The van der Waals surface area contributed by atoms with E-state index in [-0.39, 0.29) is 18.3 Å². The van der Waals surface area contributed by atoms with Gasteiger partial charge in [-0.05, 0) is 19.8 Å². The summed E-state index contributed by atoms with van der Waals surface area (Å²) in [6.45, 7) is 11.3. The van der Waals surface area contributed by atoms with E-state index in [9.17, 15) is 30.6 Å². The van der Waals surface area contributed by atoms with Crippen LogP contribution in [0.4, 0.5) is 0 Å². The van der Waals surface area contributed by atoms with Crippen LogP contribution in [0, 0.1) is 0 Å². The molecule has 0 aromatic heterocycles. The van der Waals surface area contributed by atoms with Gasteiger partial charge in [-0.1, -0.05) is 34.1 Å². The van der Waals surface area contributed by atoms with Gasteiger partial charge in [-0.25, -0.2) is 0 Å². The Morgan fingerprint density at radius 1 is 0.667 bits per heavy atom.